The summed E-state index contributed by atoms with van der Waals surface area (Å²) in [5, 5.41) is 3.54. The number of pyridine rings is 1. The Morgan fingerprint density at radius 2 is 1.71 bits per heavy atom. The summed E-state index contributed by atoms with van der Waals surface area (Å²) in [6, 6.07) is 27.7. The number of fused-ring (bicyclic) bond motifs is 3. The number of ether oxygens (including phenoxy) is 1. The summed E-state index contributed by atoms with van der Waals surface area (Å²) in [5.41, 5.74) is 4.05. The normalized spacial score (nSPS) is 19.9. The van der Waals surface area contributed by atoms with Crippen LogP contribution in [-0.4, -0.2) is 62.1 Å². The summed E-state index contributed by atoms with van der Waals surface area (Å²) >= 11 is 0. The van der Waals surface area contributed by atoms with Gasteiger partial charge in [0.15, 0.2) is 0 Å². The molecule has 0 spiro atoms. The first-order valence-electron chi connectivity index (χ1n) is 14.4. The van der Waals surface area contributed by atoms with Crippen molar-refractivity contribution in [3.63, 3.8) is 0 Å². The highest BCUT2D eigenvalue weighted by Crippen LogP contribution is 2.35. The zero-order valence-electron chi connectivity index (χ0n) is 23.5. The first kappa shape index (κ1) is 25.5. The van der Waals surface area contributed by atoms with Gasteiger partial charge in [0.05, 0.1) is 5.69 Å². The topological polar surface area (TPSA) is 70.8 Å². The Labute approximate surface area is 240 Å². The number of nitrogens with one attached hydrogen (secondary N) is 1. The van der Waals surface area contributed by atoms with Gasteiger partial charge in [-0.1, -0.05) is 48.5 Å². The van der Waals surface area contributed by atoms with Crippen molar-refractivity contribution in [1.29, 1.82) is 0 Å². The minimum absolute atomic E-state index is 0.131. The molecule has 0 aliphatic carbocycles. The summed E-state index contributed by atoms with van der Waals surface area (Å²) in [5.74, 6) is 2.71. The van der Waals surface area contributed by atoms with Gasteiger partial charge in [-0.3, -0.25) is 9.30 Å². The molecule has 5 heterocycles. The smallest absolute Gasteiger partial charge is 0.212 e. The minimum atomic E-state index is 0.131. The van der Waals surface area contributed by atoms with E-state index < -0.39 is 0 Å². The largest absolute Gasteiger partial charge is 0.489 e. The number of para-hydroxylation sites is 1. The molecule has 41 heavy (non-hydrogen) atoms. The van der Waals surface area contributed by atoms with Crippen LogP contribution in [0.25, 0.3) is 16.9 Å². The molecule has 2 aliphatic rings. The molecule has 2 bridgehead atoms. The van der Waals surface area contributed by atoms with Crippen LogP contribution in [0.5, 0.6) is 5.75 Å². The lowest BCUT2D eigenvalue weighted by Gasteiger charge is -2.36. The van der Waals surface area contributed by atoms with Crippen LogP contribution in [0.2, 0.25) is 0 Å². The fraction of sp³-hybridized carbons (Fsp3) is 0.303. The Morgan fingerprint density at radius 1 is 0.902 bits per heavy atom. The van der Waals surface area contributed by atoms with E-state index in [2.05, 4.69) is 79.7 Å². The second-order valence-corrected chi connectivity index (χ2v) is 11.2. The van der Waals surface area contributed by atoms with E-state index in [9.17, 15) is 0 Å². The number of hydrogen-bond donors (Lipinski definition) is 1. The van der Waals surface area contributed by atoms with E-state index in [0.717, 1.165) is 60.5 Å². The second-order valence-electron chi connectivity index (χ2n) is 11.2. The Kier molecular flexibility index (Phi) is 6.76. The molecule has 8 heteroatoms. The van der Waals surface area contributed by atoms with E-state index in [1.54, 1.807) is 0 Å². The number of piperazine rings is 1. The summed E-state index contributed by atoms with van der Waals surface area (Å²) in [6.45, 7) is 7.19. The molecule has 0 amide bonds. The van der Waals surface area contributed by atoms with Crippen molar-refractivity contribution in [2.24, 2.45) is 0 Å². The maximum Gasteiger partial charge on any atom is 0.212 e. The number of nitrogens with zero attached hydrogens (tertiary/aromatic N) is 6. The van der Waals surface area contributed by atoms with Crippen molar-refractivity contribution in [2.75, 3.05) is 29.9 Å². The predicted octanol–water partition coefficient (Wildman–Crippen LogP) is 5.69. The zero-order valence-corrected chi connectivity index (χ0v) is 23.5. The van der Waals surface area contributed by atoms with Gasteiger partial charge in [0, 0.05) is 68.0 Å². The van der Waals surface area contributed by atoms with Crippen LogP contribution in [0, 0.1) is 0 Å². The van der Waals surface area contributed by atoms with E-state index in [-0.39, 0.29) is 12.1 Å². The average molecular weight is 546 g/mol. The van der Waals surface area contributed by atoms with Gasteiger partial charge in [-0.15, -0.1) is 0 Å². The van der Waals surface area contributed by atoms with Crippen molar-refractivity contribution < 1.29 is 4.74 Å². The molecule has 1 unspecified atom stereocenters. The summed E-state index contributed by atoms with van der Waals surface area (Å²) < 4.78 is 8.29. The van der Waals surface area contributed by atoms with E-state index in [4.69, 9.17) is 9.72 Å². The molecule has 3 aromatic heterocycles. The third-order valence-electron chi connectivity index (χ3n) is 8.27. The Hall–Kier alpha value is -4.43. The van der Waals surface area contributed by atoms with Crippen LogP contribution in [0.1, 0.15) is 31.9 Å². The molecule has 1 N–H and O–H groups in total. The van der Waals surface area contributed by atoms with Gasteiger partial charge < -0.3 is 15.0 Å². The molecule has 5 aromatic rings. The molecule has 2 aromatic carbocycles. The summed E-state index contributed by atoms with van der Waals surface area (Å²) in [7, 11) is 0. The van der Waals surface area contributed by atoms with E-state index >= 15 is 0 Å². The van der Waals surface area contributed by atoms with Crippen LogP contribution in [-0.2, 0) is 0 Å². The highest BCUT2D eigenvalue weighted by atomic mass is 16.5. The zero-order chi connectivity index (χ0) is 27.8. The third-order valence-corrected chi connectivity index (χ3v) is 8.27. The second kappa shape index (κ2) is 10.9. The van der Waals surface area contributed by atoms with E-state index in [1.807, 2.05) is 61.1 Å². The number of rotatable bonds is 9. The van der Waals surface area contributed by atoms with Crippen LogP contribution in [0.3, 0.4) is 0 Å². The Bertz CT molecular complexity index is 1620. The lowest BCUT2D eigenvalue weighted by molar-refractivity contribution is 0.132. The van der Waals surface area contributed by atoms with Gasteiger partial charge in [-0.25, -0.2) is 15.0 Å². The van der Waals surface area contributed by atoms with Crippen molar-refractivity contribution in [3.8, 4) is 17.0 Å². The molecule has 2 aliphatic heterocycles. The van der Waals surface area contributed by atoms with Crippen LogP contribution >= 0.6 is 0 Å². The van der Waals surface area contributed by atoms with Gasteiger partial charge >= 0.3 is 0 Å². The number of aromatic nitrogens is 4. The molecule has 0 radical (unpaired) electrons. The maximum atomic E-state index is 6.18. The SMILES string of the molecule is CC(Nc1cc(-c2cc3nccn3c(N3C[C@@H]4C[C@H]3CN4C[C@H](C)Oc3ccccc3)n2)ccn1)c1ccccc1. The average Bonchev–Trinajstić information content (AvgIpc) is 3.74. The molecular formula is C33H35N7O. The van der Waals surface area contributed by atoms with Crippen molar-refractivity contribution in [3.05, 3.63) is 103 Å². The molecule has 0 saturated carbocycles. The molecule has 2 fully saturated rings. The number of hydrogen-bond acceptors (Lipinski definition) is 7. The minimum Gasteiger partial charge on any atom is -0.489 e. The first-order chi connectivity index (χ1) is 20.1. The quantitative estimate of drug-likeness (QED) is 0.255. The van der Waals surface area contributed by atoms with Crippen molar-refractivity contribution in [2.45, 2.75) is 44.5 Å². The van der Waals surface area contributed by atoms with Gasteiger partial charge in [0.1, 0.15) is 23.3 Å². The van der Waals surface area contributed by atoms with Gasteiger partial charge in [-0.05, 0) is 50.1 Å². The number of imidazole rings is 1. The van der Waals surface area contributed by atoms with Gasteiger partial charge in [0.2, 0.25) is 5.95 Å². The maximum absolute atomic E-state index is 6.18. The third kappa shape index (κ3) is 5.23. The molecule has 2 saturated heterocycles. The highest BCUT2D eigenvalue weighted by molar-refractivity contribution is 5.69. The molecule has 7 rings (SSSR count). The fourth-order valence-corrected chi connectivity index (χ4v) is 6.29. The Balaban J connectivity index is 1.09. The van der Waals surface area contributed by atoms with E-state index in [0.29, 0.717) is 12.1 Å². The predicted molar refractivity (Wildman–Crippen MR) is 162 cm³/mol. The highest BCUT2D eigenvalue weighted by Gasteiger charge is 2.44. The lowest BCUT2D eigenvalue weighted by Crippen LogP contribution is -2.49. The van der Waals surface area contributed by atoms with Crippen LogP contribution in [0.15, 0.2) is 97.5 Å². The van der Waals surface area contributed by atoms with Crippen LogP contribution < -0.4 is 15.0 Å². The standard InChI is InChI=1S/C33H35N7O/c1-23(41-29-11-7-4-8-12-29)20-38-21-28-18-27(38)22-40(28)33-37-30(19-32-35-15-16-39(32)33)26-13-14-34-31(17-26)36-24(2)25-9-5-3-6-10-25/h3-17,19,23-24,27-28H,18,20-22H2,1-2H3,(H,34,36)/t23-,24?,27-,28-/m0/s1. The first-order valence-corrected chi connectivity index (χ1v) is 14.4. The fourth-order valence-electron chi connectivity index (χ4n) is 6.29. The van der Waals surface area contributed by atoms with Crippen LogP contribution in [0.4, 0.5) is 11.8 Å². The van der Waals surface area contributed by atoms with Gasteiger partial charge in [-0.2, -0.15) is 0 Å². The molecule has 4 atom stereocenters. The molecule has 8 nitrogen and oxygen atoms in total. The van der Waals surface area contributed by atoms with Crippen molar-refractivity contribution in [1.82, 2.24) is 24.3 Å². The molecular weight excluding hydrogens is 510 g/mol. The molecule has 208 valence electrons. The monoisotopic (exact) mass is 545 g/mol. The number of anilines is 2. The number of benzene rings is 2. The summed E-state index contributed by atoms with van der Waals surface area (Å²) in [4.78, 5) is 19.5. The number of likely N-dealkylation sites (tertiary alicyclic amines) is 1. The lowest BCUT2D eigenvalue weighted by atomic mass is 10.1. The summed E-state index contributed by atoms with van der Waals surface area (Å²) in [6.07, 6.45) is 6.99. The van der Waals surface area contributed by atoms with E-state index in [1.165, 1.54) is 5.56 Å². The van der Waals surface area contributed by atoms with Crippen molar-refractivity contribution >= 4 is 17.4 Å². The van der Waals surface area contributed by atoms with Gasteiger partial charge in [0.25, 0.3) is 0 Å². The Morgan fingerprint density at radius 3 is 2.49 bits per heavy atom.